The zero-order chi connectivity index (χ0) is 12.0. The van der Waals surface area contributed by atoms with Gasteiger partial charge in [0.15, 0.2) is 0 Å². The standard InChI is InChI=1S/C13H26N2O/c1-11(2)14-9-6-8-13(16)15-10-5-4-7-12(15)3/h11-12,14H,4-10H2,1-3H3. The Morgan fingerprint density at radius 1 is 1.44 bits per heavy atom. The number of piperidine rings is 1. The highest BCUT2D eigenvalue weighted by Crippen LogP contribution is 2.17. The molecule has 3 heteroatoms. The van der Waals surface area contributed by atoms with Crippen LogP contribution in [-0.4, -0.2) is 36.0 Å². The molecule has 0 radical (unpaired) electrons. The second-order valence-corrected chi connectivity index (χ2v) is 5.14. The monoisotopic (exact) mass is 226 g/mol. The molecule has 1 fully saturated rings. The van der Waals surface area contributed by atoms with Gasteiger partial charge in [-0.15, -0.1) is 0 Å². The maximum atomic E-state index is 12.0. The molecule has 0 aromatic rings. The van der Waals surface area contributed by atoms with Crippen LogP contribution in [-0.2, 0) is 4.79 Å². The highest BCUT2D eigenvalue weighted by atomic mass is 16.2. The van der Waals surface area contributed by atoms with Crippen molar-refractivity contribution in [3.63, 3.8) is 0 Å². The number of likely N-dealkylation sites (tertiary alicyclic amines) is 1. The maximum Gasteiger partial charge on any atom is 0.222 e. The highest BCUT2D eigenvalue weighted by Gasteiger charge is 2.22. The van der Waals surface area contributed by atoms with Gasteiger partial charge in [-0.2, -0.15) is 0 Å². The molecule has 1 rings (SSSR count). The smallest absolute Gasteiger partial charge is 0.222 e. The third-order valence-electron chi connectivity index (χ3n) is 3.24. The molecule has 16 heavy (non-hydrogen) atoms. The van der Waals surface area contributed by atoms with Crippen molar-refractivity contribution in [1.29, 1.82) is 0 Å². The van der Waals surface area contributed by atoms with Crippen molar-refractivity contribution in [3.8, 4) is 0 Å². The van der Waals surface area contributed by atoms with E-state index in [-0.39, 0.29) is 0 Å². The van der Waals surface area contributed by atoms with Crippen LogP contribution in [0.2, 0.25) is 0 Å². The van der Waals surface area contributed by atoms with Crippen molar-refractivity contribution in [2.75, 3.05) is 13.1 Å². The van der Waals surface area contributed by atoms with Crippen LogP contribution < -0.4 is 5.32 Å². The van der Waals surface area contributed by atoms with E-state index >= 15 is 0 Å². The Kier molecular flexibility index (Phi) is 5.81. The topological polar surface area (TPSA) is 32.3 Å². The van der Waals surface area contributed by atoms with Crippen LogP contribution in [0.1, 0.15) is 52.9 Å². The SMILES string of the molecule is CC(C)NCCCC(=O)N1CCCCC1C. The first-order valence-corrected chi connectivity index (χ1v) is 6.64. The maximum absolute atomic E-state index is 12.0. The van der Waals surface area contributed by atoms with Gasteiger partial charge in [0.25, 0.3) is 0 Å². The van der Waals surface area contributed by atoms with Crippen LogP contribution in [0.25, 0.3) is 0 Å². The van der Waals surface area contributed by atoms with Gasteiger partial charge in [0.05, 0.1) is 0 Å². The van der Waals surface area contributed by atoms with Crippen molar-refractivity contribution in [1.82, 2.24) is 10.2 Å². The van der Waals surface area contributed by atoms with E-state index < -0.39 is 0 Å². The summed E-state index contributed by atoms with van der Waals surface area (Å²) in [5.41, 5.74) is 0. The average Bonchev–Trinajstić information content (AvgIpc) is 2.24. The second kappa shape index (κ2) is 6.89. The highest BCUT2D eigenvalue weighted by molar-refractivity contribution is 5.76. The molecule has 0 aromatic carbocycles. The first kappa shape index (κ1) is 13.5. The minimum absolute atomic E-state index is 0.345. The minimum Gasteiger partial charge on any atom is -0.340 e. The molecule has 1 amide bonds. The summed E-state index contributed by atoms with van der Waals surface area (Å²) in [5, 5.41) is 3.34. The number of nitrogens with one attached hydrogen (secondary N) is 1. The Morgan fingerprint density at radius 3 is 2.81 bits per heavy atom. The molecule has 1 aliphatic heterocycles. The Morgan fingerprint density at radius 2 is 2.19 bits per heavy atom. The quantitative estimate of drug-likeness (QED) is 0.729. The minimum atomic E-state index is 0.345. The van der Waals surface area contributed by atoms with Gasteiger partial charge in [-0.1, -0.05) is 13.8 Å². The Hall–Kier alpha value is -0.570. The van der Waals surface area contributed by atoms with Crippen LogP contribution in [0, 0.1) is 0 Å². The van der Waals surface area contributed by atoms with Crippen LogP contribution in [0.5, 0.6) is 0 Å². The Labute approximate surface area is 99.6 Å². The van der Waals surface area contributed by atoms with Crippen LogP contribution in [0.4, 0.5) is 0 Å². The number of rotatable bonds is 5. The number of hydrogen-bond donors (Lipinski definition) is 1. The van der Waals surface area contributed by atoms with Gasteiger partial charge in [0.2, 0.25) is 5.91 Å². The predicted octanol–water partition coefficient (Wildman–Crippen LogP) is 2.17. The molecule has 0 aromatic heterocycles. The zero-order valence-electron chi connectivity index (χ0n) is 11.0. The third kappa shape index (κ3) is 4.52. The normalized spacial score (nSPS) is 21.5. The van der Waals surface area contributed by atoms with Crippen LogP contribution in [0.3, 0.4) is 0 Å². The summed E-state index contributed by atoms with van der Waals surface area (Å²) >= 11 is 0. The van der Waals surface area contributed by atoms with Gasteiger partial charge < -0.3 is 10.2 Å². The van der Waals surface area contributed by atoms with Gasteiger partial charge in [0.1, 0.15) is 0 Å². The molecular formula is C13H26N2O. The molecule has 1 N–H and O–H groups in total. The molecule has 0 spiro atoms. The fourth-order valence-electron chi connectivity index (χ4n) is 2.24. The fraction of sp³-hybridized carbons (Fsp3) is 0.923. The summed E-state index contributed by atoms with van der Waals surface area (Å²) in [6, 6.07) is 0.975. The molecule has 1 atom stereocenters. The first-order chi connectivity index (χ1) is 7.61. The number of carbonyl (C=O) groups is 1. The van der Waals surface area contributed by atoms with E-state index in [1.807, 2.05) is 0 Å². The summed E-state index contributed by atoms with van der Waals surface area (Å²) in [4.78, 5) is 14.0. The van der Waals surface area contributed by atoms with Crippen molar-refractivity contribution >= 4 is 5.91 Å². The van der Waals surface area contributed by atoms with Crippen LogP contribution >= 0.6 is 0 Å². The molecule has 1 unspecified atom stereocenters. The van der Waals surface area contributed by atoms with Gasteiger partial charge in [-0.3, -0.25) is 4.79 Å². The van der Waals surface area contributed by atoms with Crippen molar-refractivity contribution in [2.45, 2.75) is 65.0 Å². The van der Waals surface area contributed by atoms with E-state index in [0.29, 0.717) is 24.4 Å². The zero-order valence-corrected chi connectivity index (χ0v) is 11.0. The molecule has 0 bridgehead atoms. The second-order valence-electron chi connectivity index (χ2n) is 5.14. The van der Waals surface area contributed by atoms with E-state index in [1.165, 1.54) is 19.3 Å². The number of nitrogens with zero attached hydrogens (tertiary/aromatic N) is 1. The summed E-state index contributed by atoms with van der Waals surface area (Å²) in [6.07, 6.45) is 5.29. The molecule has 0 aliphatic carbocycles. The van der Waals surface area contributed by atoms with E-state index in [9.17, 15) is 4.79 Å². The van der Waals surface area contributed by atoms with Crippen LogP contribution in [0.15, 0.2) is 0 Å². The predicted molar refractivity (Wildman–Crippen MR) is 67.4 cm³/mol. The van der Waals surface area contributed by atoms with Gasteiger partial charge >= 0.3 is 0 Å². The molecule has 3 nitrogen and oxygen atoms in total. The summed E-state index contributed by atoms with van der Waals surface area (Å²) in [6.45, 7) is 8.36. The van der Waals surface area contributed by atoms with E-state index in [1.54, 1.807) is 0 Å². The van der Waals surface area contributed by atoms with Gasteiger partial charge in [-0.25, -0.2) is 0 Å². The Bertz CT molecular complexity index is 216. The van der Waals surface area contributed by atoms with E-state index in [4.69, 9.17) is 0 Å². The van der Waals surface area contributed by atoms with E-state index in [2.05, 4.69) is 31.0 Å². The van der Waals surface area contributed by atoms with Gasteiger partial charge in [0, 0.05) is 25.0 Å². The first-order valence-electron chi connectivity index (χ1n) is 6.64. The molecular weight excluding hydrogens is 200 g/mol. The number of hydrogen-bond acceptors (Lipinski definition) is 2. The molecule has 1 aliphatic rings. The summed E-state index contributed by atoms with van der Waals surface area (Å²) < 4.78 is 0. The summed E-state index contributed by atoms with van der Waals surface area (Å²) in [5.74, 6) is 0.345. The fourth-order valence-corrected chi connectivity index (χ4v) is 2.24. The molecule has 1 heterocycles. The van der Waals surface area contributed by atoms with Crippen molar-refractivity contribution in [2.24, 2.45) is 0 Å². The molecule has 1 saturated heterocycles. The molecule has 94 valence electrons. The lowest BCUT2D eigenvalue weighted by Gasteiger charge is -2.33. The average molecular weight is 226 g/mol. The Balaban J connectivity index is 2.18. The number of carbonyl (C=O) groups excluding carboxylic acids is 1. The summed E-state index contributed by atoms with van der Waals surface area (Å²) in [7, 11) is 0. The lowest BCUT2D eigenvalue weighted by molar-refractivity contribution is -0.134. The van der Waals surface area contributed by atoms with Gasteiger partial charge in [-0.05, 0) is 39.2 Å². The molecule has 0 saturated carbocycles. The third-order valence-corrected chi connectivity index (χ3v) is 3.24. The lowest BCUT2D eigenvalue weighted by Crippen LogP contribution is -2.42. The van der Waals surface area contributed by atoms with E-state index in [0.717, 1.165) is 19.5 Å². The number of amides is 1. The lowest BCUT2D eigenvalue weighted by atomic mass is 10.0. The largest absolute Gasteiger partial charge is 0.340 e. The van der Waals surface area contributed by atoms with Crippen molar-refractivity contribution in [3.05, 3.63) is 0 Å². The van der Waals surface area contributed by atoms with Crippen molar-refractivity contribution < 1.29 is 4.79 Å².